The molecule has 0 bridgehead atoms. The number of carbonyl (C=O) groups is 2. The van der Waals surface area contributed by atoms with Gasteiger partial charge in [-0.3, -0.25) is 19.7 Å². The minimum Gasteiger partial charge on any atom is -0.459 e. The van der Waals surface area contributed by atoms with Gasteiger partial charge in [0, 0.05) is 24.3 Å². The first-order valence-corrected chi connectivity index (χ1v) is 10.8. The minimum atomic E-state index is -1.42. The standard InChI is InChI=1S/C23H29ClN2O7/c1-13-19(26(29)30)17(25-33-13)12-16(14-8-10-15(24)11-9-14)18(20(27)31-22(2,3)4)21(28)32-23(5,6)7/h8-11,16,18H,12H2,1-7H3. The topological polar surface area (TPSA) is 122 Å². The smallest absolute Gasteiger partial charge is 0.334 e. The lowest BCUT2D eigenvalue weighted by atomic mass is 9.82. The number of hydrogen-bond donors (Lipinski definition) is 0. The Hall–Kier alpha value is -2.94. The molecule has 1 aromatic carbocycles. The highest BCUT2D eigenvalue weighted by Crippen LogP contribution is 2.36. The van der Waals surface area contributed by atoms with Gasteiger partial charge in [0.1, 0.15) is 11.2 Å². The summed E-state index contributed by atoms with van der Waals surface area (Å²) in [4.78, 5) is 37.5. The number of aromatic nitrogens is 1. The van der Waals surface area contributed by atoms with Crippen LogP contribution in [0.3, 0.4) is 0 Å². The second kappa shape index (κ2) is 9.91. The van der Waals surface area contributed by atoms with Gasteiger partial charge in [-0.15, -0.1) is 0 Å². The van der Waals surface area contributed by atoms with Crippen LogP contribution in [0.4, 0.5) is 5.69 Å². The van der Waals surface area contributed by atoms with Crippen LogP contribution in [0.25, 0.3) is 0 Å². The van der Waals surface area contributed by atoms with Crippen LogP contribution >= 0.6 is 11.6 Å². The van der Waals surface area contributed by atoms with Crippen molar-refractivity contribution in [3.8, 4) is 0 Å². The molecule has 0 aliphatic heterocycles. The number of hydrogen-bond acceptors (Lipinski definition) is 8. The van der Waals surface area contributed by atoms with Gasteiger partial charge in [0.15, 0.2) is 11.6 Å². The molecule has 2 rings (SSSR count). The Balaban J connectivity index is 2.63. The Morgan fingerprint density at radius 2 is 1.55 bits per heavy atom. The summed E-state index contributed by atoms with van der Waals surface area (Å²) in [6.45, 7) is 11.5. The Kier molecular flexibility index (Phi) is 7.90. The third-order valence-electron chi connectivity index (χ3n) is 4.52. The molecule has 0 aliphatic carbocycles. The van der Waals surface area contributed by atoms with E-state index < -0.39 is 39.9 Å². The molecule has 0 amide bonds. The van der Waals surface area contributed by atoms with Crippen molar-refractivity contribution in [1.82, 2.24) is 5.16 Å². The van der Waals surface area contributed by atoms with E-state index in [1.54, 1.807) is 65.8 Å². The van der Waals surface area contributed by atoms with Crippen molar-refractivity contribution < 1.29 is 28.5 Å². The maximum atomic E-state index is 13.3. The first-order valence-electron chi connectivity index (χ1n) is 10.4. The van der Waals surface area contributed by atoms with E-state index in [1.807, 2.05) is 0 Å². The zero-order valence-electron chi connectivity index (χ0n) is 19.8. The van der Waals surface area contributed by atoms with Crippen LogP contribution in [0.15, 0.2) is 28.8 Å². The molecule has 0 N–H and O–H groups in total. The molecule has 1 atom stereocenters. The van der Waals surface area contributed by atoms with Crippen LogP contribution < -0.4 is 0 Å². The molecule has 180 valence electrons. The molecule has 0 aliphatic rings. The molecule has 9 nitrogen and oxygen atoms in total. The second-order valence-electron chi connectivity index (χ2n) is 9.70. The number of ether oxygens (including phenoxy) is 2. The second-order valence-corrected chi connectivity index (χ2v) is 10.1. The SMILES string of the molecule is Cc1onc(CC(c2ccc(Cl)cc2)C(C(=O)OC(C)(C)C)C(=O)OC(C)(C)C)c1[N+](=O)[O-]. The summed E-state index contributed by atoms with van der Waals surface area (Å²) in [5.41, 5.74) is -1.51. The number of esters is 2. The van der Waals surface area contributed by atoms with Crippen LogP contribution in [0.5, 0.6) is 0 Å². The summed E-state index contributed by atoms with van der Waals surface area (Å²) < 4.78 is 16.1. The fourth-order valence-corrected chi connectivity index (χ4v) is 3.41. The van der Waals surface area contributed by atoms with Gasteiger partial charge in [0.2, 0.25) is 5.76 Å². The largest absolute Gasteiger partial charge is 0.459 e. The predicted molar refractivity (Wildman–Crippen MR) is 121 cm³/mol. The van der Waals surface area contributed by atoms with Crippen LogP contribution in [-0.2, 0) is 25.5 Å². The van der Waals surface area contributed by atoms with E-state index in [-0.39, 0.29) is 23.6 Å². The lowest BCUT2D eigenvalue weighted by molar-refractivity contribution is -0.386. The summed E-state index contributed by atoms with van der Waals surface area (Å²) in [5.74, 6) is -3.90. The molecule has 0 fully saturated rings. The average molecular weight is 481 g/mol. The van der Waals surface area contributed by atoms with Crippen molar-refractivity contribution in [1.29, 1.82) is 0 Å². The molecule has 0 saturated heterocycles. The Morgan fingerprint density at radius 3 is 1.97 bits per heavy atom. The summed E-state index contributed by atoms with van der Waals surface area (Å²) in [6.07, 6.45) is -0.140. The first kappa shape index (κ1) is 26.3. The average Bonchev–Trinajstić information content (AvgIpc) is 2.99. The van der Waals surface area contributed by atoms with Crippen molar-refractivity contribution in [2.45, 2.75) is 72.0 Å². The number of benzene rings is 1. The molecule has 0 spiro atoms. The molecule has 0 radical (unpaired) electrons. The van der Waals surface area contributed by atoms with Gasteiger partial charge in [0.25, 0.3) is 0 Å². The van der Waals surface area contributed by atoms with Gasteiger partial charge >= 0.3 is 17.6 Å². The van der Waals surface area contributed by atoms with Gasteiger partial charge in [-0.1, -0.05) is 28.9 Å². The predicted octanol–water partition coefficient (Wildman–Crippen LogP) is 5.17. The lowest BCUT2D eigenvalue weighted by Gasteiger charge is -2.30. The Labute approximate surface area is 197 Å². The van der Waals surface area contributed by atoms with Crippen molar-refractivity contribution in [3.63, 3.8) is 0 Å². The van der Waals surface area contributed by atoms with Gasteiger partial charge in [-0.05, 0) is 59.2 Å². The van der Waals surface area contributed by atoms with E-state index in [4.69, 9.17) is 25.6 Å². The fraction of sp³-hybridized carbons (Fsp3) is 0.522. The number of carbonyl (C=O) groups excluding carboxylic acids is 2. The molecule has 2 aromatic rings. The van der Waals surface area contributed by atoms with Crippen molar-refractivity contribution in [3.05, 3.63) is 56.4 Å². The lowest BCUT2D eigenvalue weighted by Crippen LogP contribution is -2.40. The zero-order valence-corrected chi connectivity index (χ0v) is 20.6. The van der Waals surface area contributed by atoms with Gasteiger partial charge in [-0.2, -0.15) is 0 Å². The Bertz CT molecular complexity index is 989. The fourth-order valence-electron chi connectivity index (χ4n) is 3.28. The number of aryl methyl sites for hydroxylation is 1. The van der Waals surface area contributed by atoms with Crippen LogP contribution in [0.1, 0.15) is 64.5 Å². The maximum Gasteiger partial charge on any atom is 0.334 e. The number of nitro groups is 1. The van der Waals surface area contributed by atoms with Gasteiger partial charge in [-0.25, -0.2) is 0 Å². The third-order valence-corrected chi connectivity index (χ3v) is 4.77. The zero-order chi connectivity index (χ0) is 25.1. The maximum absolute atomic E-state index is 13.3. The highest BCUT2D eigenvalue weighted by molar-refractivity contribution is 6.30. The van der Waals surface area contributed by atoms with Crippen molar-refractivity contribution >= 4 is 29.2 Å². The van der Waals surface area contributed by atoms with Crippen LogP contribution in [-0.4, -0.2) is 33.2 Å². The minimum absolute atomic E-state index is 0.00886. The molecule has 33 heavy (non-hydrogen) atoms. The quantitative estimate of drug-likeness (QED) is 0.230. The van der Waals surface area contributed by atoms with Gasteiger partial charge < -0.3 is 14.0 Å². The van der Waals surface area contributed by atoms with Crippen LogP contribution in [0.2, 0.25) is 5.02 Å². The van der Waals surface area contributed by atoms with Gasteiger partial charge in [0.05, 0.1) is 4.92 Å². The van der Waals surface area contributed by atoms with E-state index in [9.17, 15) is 19.7 Å². The summed E-state index contributed by atoms with van der Waals surface area (Å²) in [6, 6.07) is 6.50. The molecule has 1 unspecified atom stereocenters. The first-order chi connectivity index (χ1) is 15.1. The molecule has 1 heterocycles. The number of halogens is 1. The van der Waals surface area contributed by atoms with Crippen molar-refractivity contribution in [2.75, 3.05) is 0 Å². The third kappa shape index (κ3) is 7.28. The van der Waals surface area contributed by atoms with E-state index in [2.05, 4.69) is 5.16 Å². The molecule has 10 heteroatoms. The highest BCUT2D eigenvalue weighted by Gasteiger charge is 2.43. The Morgan fingerprint density at radius 1 is 1.06 bits per heavy atom. The molecular formula is C23H29ClN2O7. The van der Waals surface area contributed by atoms with E-state index in [0.29, 0.717) is 10.6 Å². The molecule has 0 saturated carbocycles. The summed E-state index contributed by atoms with van der Waals surface area (Å²) in [5, 5.41) is 15.9. The summed E-state index contributed by atoms with van der Waals surface area (Å²) >= 11 is 6.03. The van der Waals surface area contributed by atoms with E-state index >= 15 is 0 Å². The molecular weight excluding hydrogens is 452 g/mol. The monoisotopic (exact) mass is 480 g/mol. The highest BCUT2D eigenvalue weighted by atomic mass is 35.5. The number of nitrogens with zero attached hydrogens (tertiary/aromatic N) is 2. The van der Waals surface area contributed by atoms with E-state index in [1.165, 1.54) is 6.92 Å². The van der Waals surface area contributed by atoms with Crippen LogP contribution in [0, 0.1) is 23.0 Å². The molecule has 1 aromatic heterocycles. The summed E-state index contributed by atoms with van der Waals surface area (Å²) in [7, 11) is 0. The van der Waals surface area contributed by atoms with E-state index in [0.717, 1.165) is 0 Å². The number of rotatable bonds is 7. The van der Waals surface area contributed by atoms with Crippen molar-refractivity contribution in [2.24, 2.45) is 5.92 Å². The normalized spacial score (nSPS) is 13.0.